The van der Waals surface area contributed by atoms with Crippen molar-refractivity contribution < 1.29 is 14.6 Å². The number of benzene rings is 1. The summed E-state index contributed by atoms with van der Waals surface area (Å²) < 4.78 is 5.39. The van der Waals surface area contributed by atoms with Crippen LogP contribution in [0.5, 0.6) is 5.75 Å². The van der Waals surface area contributed by atoms with Gasteiger partial charge in [-0.15, -0.1) is 0 Å². The topological polar surface area (TPSA) is 61.8 Å². The molecule has 1 heterocycles. The molecule has 0 saturated carbocycles. The van der Waals surface area contributed by atoms with Crippen LogP contribution in [0.4, 0.5) is 4.79 Å². The van der Waals surface area contributed by atoms with E-state index >= 15 is 0 Å². The zero-order valence-electron chi connectivity index (χ0n) is 11.8. The van der Waals surface area contributed by atoms with Crippen LogP contribution in [0.3, 0.4) is 0 Å². The minimum atomic E-state index is -0.343. The van der Waals surface area contributed by atoms with Crippen molar-refractivity contribution >= 4 is 6.03 Å². The Morgan fingerprint density at radius 1 is 1.40 bits per heavy atom. The molecular formula is C15H22N2O3. The van der Waals surface area contributed by atoms with Crippen molar-refractivity contribution in [3.05, 3.63) is 29.8 Å². The van der Waals surface area contributed by atoms with Crippen LogP contribution in [-0.2, 0) is 6.42 Å². The van der Waals surface area contributed by atoms with E-state index in [1.807, 2.05) is 19.1 Å². The number of nitrogens with one attached hydrogen (secondary N) is 1. The number of β-amino-alcohol motifs (C(OH)–C–C–N with tert-alkyl or cyclic N) is 1. The van der Waals surface area contributed by atoms with E-state index in [4.69, 9.17) is 9.84 Å². The van der Waals surface area contributed by atoms with Crippen LogP contribution < -0.4 is 10.1 Å². The summed E-state index contributed by atoms with van der Waals surface area (Å²) in [5.74, 6) is 0.890. The summed E-state index contributed by atoms with van der Waals surface area (Å²) in [6.07, 6.45) is 1.48. The summed E-state index contributed by atoms with van der Waals surface area (Å²) >= 11 is 0. The number of hydrogen-bond donors (Lipinski definition) is 2. The van der Waals surface area contributed by atoms with Gasteiger partial charge >= 0.3 is 6.03 Å². The minimum absolute atomic E-state index is 0.0815. The first-order valence-corrected chi connectivity index (χ1v) is 7.11. The molecule has 0 bridgehead atoms. The molecule has 0 aliphatic carbocycles. The van der Waals surface area contributed by atoms with Crippen LogP contribution in [0.1, 0.15) is 18.9 Å². The van der Waals surface area contributed by atoms with Gasteiger partial charge in [0, 0.05) is 6.54 Å². The molecule has 5 nitrogen and oxygen atoms in total. The zero-order valence-corrected chi connectivity index (χ0v) is 11.8. The number of carbonyl (C=O) groups is 1. The fourth-order valence-corrected chi connectivity index (χ4v) is 2.14. The highest BCUT2D eigenvalue weighted by Crippen LogP contribution is 2.13. The summed E-state index contributed by atoms with van der Waals surface area (Å²) in [7, 11) is 0. The molecule has 1 aliphatic rings. The first-order chi connectivity index (χ1) is 9.69. The van der Waals surface area contributed by atoms with Crippen LogP contribution in [0.25, 0.3) is 0 Å². The van der Waals surface area contributed by atoms with Gasteiger partial charge in [0.15, 0.2) is 0 Å². The van der Waals surface area contributed by atoms with Crippen LogP contribution in [-0.4, -0.2) is 48.4 Å². The van der Waals surface area contributed by atoms with Crippen molar-refractivity contribution in [1.82, 2.24) is 10.2 Å². The lowest BCUT2D eigenvalue weighted by atomic mass is 10.1. The third kappa shape index (κ3) is 4.13. The lowest BCUT2D eigenvalue weighted by Gasteiger charge is -2.35. The number of nitrogens with zero attached hydrogens (tertiary/aromatic N) is 1. The number of ether oxygens (including phenoxy) is 1. The normalized spacial score (nSPS) is 14.8. The van der Waals surface area contributed by atoms with E-state index in [0.717, 1.165) is 18.6 Å². The highest BCUT2D eigenvalue weighted by molar-refractivity contribution is 5.75. The van der Waals surface area contributed by atoms with Gasteiger partial charge in [-0.25, -0.2) is 4.79 Å². The number of rotatable bonds is 6. The van der Waals surface area contributed by atoms with Gasteiger partial charge in [-0.3, -0.25) is 0 Å². The summed E-state index contributed by atoms with van der Waals surface area (Å²) in [6.45, 7) is 4.19. The quantitative estimate of drug-likeness (QED) is 0.773. The maximum absolute atomic E-state index is 11.6. The minimum Gasteiger partial charge on any atom is -0.494 e. The SMILES string of the molecule is CCOc1ccc(CCCNC(=O)N2CC(O)C2)cc1. The molecule has 0 spiro atoms. The Bertz CT molecular complexity index is 427. The maximum Gasteiger partial charge on any atom is 0.317 e. The molecule has 0 radical (unpaired) electrons. The van der Waals surface area contributed by atoms with E-state index in [9.17, 15) is 4.79 Å². The zero-order chi connectivity index (χ0) is 14.4. The van der Waals surface area contributed by atoms with Gasteiger partial charge in [0.05, 0.1) is 25.8 Å². The van der Waals surface area contributed by atoms with Gasteiger partial charge in [-0.1, -0.05) is 12.1 Å². The molecule has 1 saturated heterocycles. The molecule has 2 rings (SSSR count). The third-order valence-corrected chi connectivity index (χ3v) is 3.30. The predicted octanol–water partition coefficient (Wildman–Crippen LogP) is 1.40. The molecule has 2 N–H and O–H groups in total. The Kier molecular flexibility index (Phi) is 5.24. The predicted molar refractivity (Wildman–Crippen MR) is 76.9 cm³/mol. The fourth-order valence-electron chi connectivity index (χ4n) is 2.14. The molecule has 5 heteroatoms. The van der Waals surface area contributed by atoms with Gasteiger partial charge in [0.2, 0.25) is 0 Å². The molecule has 1 aromatic rings. The molecule has 1 aliphatic heterocycles. The highest BCUT2D eigenvalue weighted by Gasteiger charge is 2.28. The summed E-state index contributed by atoms with van der Waals surface area (Å²) in [4.78, 5) is 13.2. The Balaban J connectivity index is 1.62. The van der Waals surface area contributed by atoms with Crippen molar-refractivity contribution in [1.29, 1.82) is 0 Å². The number of hydrogen-bond acceptors (Lipinski definition) is 3. The molecular weight excluding hydrogens is 256 g/mol. The molecule has 1 fully saturated rings. The summed E-state index contributed by atoms with van der Waals surface area (Å²) in [5, 5.41) is 12.0. The fraction of sp³-hybridized carbons (Fsp3) is 0.533. The van der Waals surface area contributed by atoms with Crippen molar-refractivity contribution in [3.63, 3.8) is 0 Å². The number of amides is 2. The average Bonchev–Trinajstić information content (AvgIpc) is 2.42. The molecule has 1 aromatic carbocycles. The third-order valence-electron chi connectivity index (χ3n) is 3.30. The van der Waals surface area contributed by atoms with E-state index in [2.05, 4.69) is 17.4 Å². The second-order valence-corrected chi connectivity index (χ2v) is 4.97. The average molecular weight is 278 g/mol. The number of likely N-dealkylation sites (tertiary alicyclic amines) is 1. The van der Waals surface area contributed by atoms with Crippen molar-refractivity contribution in [2.75, 3.05) is 26.2 Å². The molecule has 0 atom stereocenters. The molecule has 110 valence electrons. The number of carbonyl (C=O) groups excluding carboxylic acids is 1. The van der Waals surface area contributed by atoms with E-state index in [1.54, 1.807) is 4.90 Å². The van der Waals surface area contributed by atoms with Gasteiger partial charge < -0.3 is 20.1 Å². The first kappa shape index (κ1) is 14.7. The van der Waals surface area contributed by atoms with Gasteiger partial charge in [-0.05, 0) is 37.5 Å². The monoisotopic (exact) mass is 278 g/mol. The molecule has 0 unspecified atom stereocenters. The number of aryl methyl sites for hydroxylation is 1. The Labute approximate surface area is 119 Å². The largest absolute Gasteiger partial charge is 0.494 e. The Morgan fingerprint density at radius 3 is 2.70 bits per heavy atom. The maximum atomic E-state index is 11.6. The molecule has 2 amide bonds. The highest BCUT2D eigenvalue weighted by atomic mass is 16.5. The second kappa shape index (κ2) is 7.14. The lowest BCUT2D eigenvalue weighted by molar-refractivity contribution is 0.0267. The second-order valence-electron chi connectivity index (χ2n) is 4.97. The summed E-state index contributed by atoms with van der Waals surface area (Å²) in [6, 6.07) is 7.97. The van der Waals surface area contributed by atoms with Crippen molar-refractivity contribution in [2.24, 2.45) is 0 Å². The van der Waals surface area contributed by atoms with Gasteiger partial charge in [-0.2, -0.15) is 0 Å². The number of aliphatic hydroxyl groups is 1. The van der Waals surface area contributed by atoms with Crippen LogP contribution >= 0.6 is 0 Å². The van der Waals surface area contributed by atoms with Crippen molar-refractivity contribution in [3.8, 4) is 5.75 Å². The smallest absolute Gasteiger partial charge is 0.317 e. The summed E-state index contributed by atoms with van der Waals surface area (Å²) in [5.41, 5.74) is 1.24. The Morgan fingerprint density at radius 2 is 2.10 bits per heavy atom. The van der Waals surface area contributed by atoms with Crippen LogP contribution in [0.15, 0.2) is 24.3 Å². The standard InChI is InChI=1S/C15H22N2O3/c1-2-20-14-7-5-12(6-8-14)4-3-9-16-15(19)17-10-13(18)11-17/h5-8,13,18H,2-4,9-11H2,1H3,(H,16,19). The van der Waals surface area contributed by atoms with Crippen LogP contribution in [0.2, 0.25) is 0 Å². The van der Waals surface area contributed by atoms with Crippen molar-refractivity contribution in [2.45, 2.75) is 25.9 Å². The van der Waals surface area contributed by atoms with E-state index in [0.29, 0.717) is 26.2 Å². The van der Waals surface area contributed by atoms with E-state index < -0.39 is 0 Å². The van der Waals surface area contributed by atoms with E-state index in [1.165, 1.54) is 5.56 Å². The van der Waals surface area contributed by atoms with E-state index in [-0.39, 0.29) is 12.1 Å². The molecule has 20 heavy (non-hydrogen) atoms. The number of aliphatic hydroxyl groups excluding tert-OH is 1. The molecule has 0 aromatic heterocycles. The number of urea groups is 1. The first-order valence-electron chi connectivity index (χ1n) is 7.11. The van der Waals surface area contributed by atoms with Crippen LogP contribution in [0, 0.1) is 0 Å². The van der Waals surface area contributed by atoms with Gasteiger partial charge in [0.1, 0.15) is 5.75 Å². The Hall–Kier alpha value is -1.75. The van der Waals surface area contributed by atoms with Gasteiger partial charge in [0.25, 0.3) is 0 Å². The lowest BCUT2D eigenvalue weighted by Crippen LogP contribution is -2.56.